The van der Waals surface area contributed by atoms with Gasteiger partial charge in [0.15, 0.2) is 5.13 Å². The van der Waals surface area contributed by atoms with E-state index in [1.54, 1.807) is 36.0 Å². The van der Waals surface area contributed by atoms with Gasteiger partial charge in [-0.2, -0.15) is 0 Å². The van der Waals surface area contributed by atoms with Crippen molar-refractivity contribution in [2.75, 3.05) is 10.0 Å². The van der Waals surface area contributed by atoms with Crippen molar-refractivity contribution in [1.29, 1.82) is 0 Å². The fourth-order valence-electron chi connectivity index (χ4n) is 4.19. The van der Waals surface area contributed by atoms with Crippen molar-refractivity contribution in [2.24, 2.45) is 0 Å². The van der Waals surface area contributed by atoms with Gasteiger partial charge in [0.1, 0.15) is 0 Å². The Bertz CT molecular complexity index is 1930. The highest BCUT2D eigenvalue weighted by atomic mass is 32.2. The zero-order valence-corrected chi connectivity index (χ0v) is 22.5. The molecule has 3 aromatic heterocycles. The van der Waals surface area contributed by atoms with Crippen molar-refractivity contribution < 1.29 is 13.2 Å². The van der Waals surface area contributed by atoms with Crippen LogP contribution in [0.5, 0.6) is 0 Å². The molecule has 10 heteroatoms. The summed E-state index contributed by atoms with van der Waals surface area (Å²) < 4.78 is 28.5. The average Bonchev–Trinajstić information content (AvgIpc) is 3.45. The molecule has 0 unspecified atom stereocenters. The predicted octanol–water partition coefficient (Wildman–Crippen LogP) is 6.47. The second kappa shape index (κ2) is 10.7. The molecule has 1 amide bonds. The number of nitrogens with zero attached hydrogens (tertiary/aromatic N) is 3. The normalized spacial score (nSPS) is 11.3. The maximum absolute atomic E-state index is 13.4. The van der Waals surface area contributed by atoms with Crippen LogP contribution in [0.15, 0.2) is 120 Å². The number of para-hydroxylation sites is 1. The minimum Gasteiger partial charge on any atom is -0.322 e. The second-order valence-electron chi connectivity index (χ2n) is 8.80. The Morgan fingerprint density at radius 2 is 1.45 bits per heavy atom. The Balaban J connectivity index is 1.21. The summed E-state index contributed by atoms with van der Waals surface area (Å²) in [4.78, 5) is 26.6. The topological polar surface area (TPSA) is 114 Å². The number of hydrogen-bond donors (Lipinski definition) is 2. The number of nitrogens with one attached hydrogen (secondary N) is 2. The number of fused-ring (bicyclic) bond motifs is 1. The fourth-order valence-corrected chi connectivity index (χ4v) is 6.16. The lowest BCUT2D eigenvalue weighted by Gasteiger charge is -2.11. The van der Waals surface area contributed by atoms with Crippen molar-refractivity contribution >= 4 is 49.0 Å². The summed E-state index contributed by atoms with van der Waals surface area (Å²) >= 11 is 1.21. The summed E-state index contributed by atoms with van der Waals surface area (Å²) in [6.45, 7) is 0. The number of rotatable bonds is 7. The van der Waals surface area contributed by atoms with Gasteiger partial charge in [-0.1, -0.05) is 48.5 Å². The molecule has 0 spiro atoms. The summed E-state index contributed by atoms with van der Waals surface area (Å²) in [6, 6.07) is 28.3. The molecule has 6 rings (SSSR count). The average molecular weight is 564 g/mol. The zero-order valence-electron chi connectivity index (χ0n) is 20.9. The molecule has 0 fully saturated rings. The monoisotopic (exact) mass is 563 g/mol. The van der Waals surface area contributed by atoms with E-state index in [9.17, 15) is 13.2 Å². The number of amides is 1. The lowest BCUT2D eigenvalue weighted by molar-refractivity contribution is 0.102. The van der Waals surface area contributed by atoms with Gasteiger partial charge in [0.05, 0.1) is 27.4 Å². The van der Waals surface area contributed by atoms with Gasteiger partial charge in [-0.25, -0.2) is 18.4 Å². The van der Waals surface area contributed by atoms with E-state index in [0.29, 0.717) is 33.5 Å². The molecule has 6 aromatic rings. The van der Waals surface area contributed by atoms with Crippen LogP contribution in [-0.4, -0.2) is 29.3 Å². The number of carbonyl (C=O) groups is 1. The number of anilines is 2. The van der Waals surface area contributed by atoms with Gasteiger partial charge in [-0.05, 0) is 48.5 Å². The molecule has 196 valence electrons. The number of hydrogen-bond acceptors (Lipinski definition) is 7. The number of carbonyl (C=O) groups excluding carboxylic acids is 1. The fraction of sp³-hybridized carbons (Fsp3) is 0. The van der Waals surface area contributed by atoms with E-state index in [1.165, 1.54) is 23.5 Å². The predicted molar refractivity (Wildman–Crippen MR) is 158 cm³/mol. The van der Waals surface area contributed by atoms with E-state index in [0.717, 1.165) is 11.1 Å². The van der Waals surface area contributed by atoms with E-state index < -0.39 is 10.0 Å². The van der Waals surface area contributed by atoms with Crippen LogP contribution in [0, 0.1) is 0 Å². The highest BCUT2D eigenvalue weighted by Gasteiger charge is 2.18. The third kappa shape index (κ3) is 5.31. The summed E-state index contributed by atoms with van der Waals surface area (Å²) in [5.74, 6) is -0.334. The molecule has 0 aliphatic heterocycles. The van der Waals surface area contributed by atoms with E-state index >= 15 is 0 Å². The molecule has 0 saturated heterocycles. The SMILES string of the molecule is O=C(Nc1ccc(S(=O)(=O)Nc2nc(-c3ccccc3)cs2)cc1)c1cc(-c2ccncc2)nc2ccccc12. The summed E-state index contributed by atoms with van der Waals surface area (Å²) in [5.41, 5.74) is 4.68. The molecule has 0 aliphatic carbocycles. The van der Waals surface area contributed by atoms with Crippen LogP contribution in [0.3, 0.4) is 0 Å². The third-order valence-corrected chi connectivity index (χ3v) is 8.40. The highest BCUT2D eigenvalue weighted by Crippen LogP contribution is 2.28. The van der Waals surface area contributed by atoms with Crippen molar-refractivity contribution in [1.82, 2.24) is 15.0 Å². The van der Waals surface area contributed by atoms with Gasteiger partial charge < -0.3 is 5.32 Å². The molecule has 0 bridgehead atoms. The molecule has 3 aromatic carbocycles. The number of benzene rings is 3. The molecular formula is C30H21N5O3S2. The molecule has 0 radical (unpaired) electrons. The Morgan fingerprint density at radius 3 is 2.23 bits per heavy atom. The van der Waals surface area contributed by atoms with Crippen LogP contribution in [0.4, 0.5) is 10.8 Å². The highest BCUT2D eigenvalue weighted by molar-refractivity contribution is 7.93. The summed E-state index contributed by atoms with van der Waals surface area (Å²) in [6.07, 6.45) is 3.35. The number of thiazole rings is 1. The Labute approximate surface area is 234 Å². The smallest absolute Gasteiger partial charge is 0.263 e. The van der Waals surface area contributed by atoms with Gasteiger partial charge in [-0.15, -0.1) is 11.3 Å². The van der Waals surface area contributed by atoms with Gasteiger partial charge >= 0.3 is 0 Å². The molecule has 0 saturated carbocycles. The lowest BCUT2D eigenvalue weighted by Crippen LogP contribution is -2.14. The van der Waals surface area contributed by atoms with Gasteiger partial charge in [-0.3, -0.25) is 14.5 Å². The summed E-state index contributed by atoms with van der Waals surface area (Å²) in [5, 5.41) is 5.65. The van der Waals surface area contributed by atoms with Crippen LogP contribution in [0.2, 0.25) is 0 Å². The van der Waals surface area contributed by atoms with E-state index in [4.69, 9.17) is 4.98 Å². The lowest BCUT2D eigenvalue weighted by atomic mass is 10.0. The standard InChI is InChI=1S/C30H21N5O3S2/c36-29(25-18-27(21-14-16-31-17-15-21)33-26-9-5-4-8-24(25)26)32-22-10-12-23(13-11-22)40(37,38)35-30-34-28(19-39-30)20-6-2-1-3-7-20/h1-19H,(H,32,36)(H,34,35). The van der Waals surface area contributed by atoms with Crippen LogP contribution < -0.4 is 10.0 Å². The second-order valence-corrected chi connectivity index (χ2v) is 11.3. The van der Waals surface area contributed by atoms with Crippen molar-refractivity contribution in [2.45, 2.75) is 4.90 Å². The first-order valence-electron chi connectivity index (χ1n) is 12.2. The molecular weight excluding hydrogens is 542 g/mol. The summed E-state index contributed by atoms with van der Waals surface area (Å²) in [7, 11) is -3.87. The number of pyridine rings is 2. The van der Waals surface area contributed by atoms with Gasteiger partial charge in [0, 0.05) is 40.0 Å². The molecule has 8 nitrogen and oxygen atoms in total. The zero-order chi connectivity index (χ0) is 27.5. The first kappa shape index (κ1) is 25.4. The molecule has 40 heavy (non-hydrogen) atoms. The molecule has 0 aliphatic rings. The maximum Gasteiger partial charge on any atom is 0.263 e. The maximum atomic E-state index is 13.4. The first-order valence-corrected chi connectivity index (χ1v) is 14.6. The van der Waals surface area contributed by atoms with E-state index in [2.05, 4.69) is 20.0 Å². The Hall–Kier alpha value is -4.93. The Morgan fingerprint density at radius 1 is 0.750 bits per heavy atom. The van der Waals surface area contributed by atoms with Gasteiger partial charge in [0.25, 0.3) is 15.9 Å². The van der Waals surface area contributed by atoms with Crippen molar-refractivity contribution in [3.63, 3.8) is 0 Å². The van der Waals surface area contributed by atoms with Crippen molar-refractivity contribution in [3.8, 4) is 22.5 Å². The van der Waals surface area contributed by atoms with Crippen LogP contribution >= 0.6 is 11.3 Å². The molecule has 3 heterocycles. The molecule has 0 atom stereocenters. The first-order chi connectivity index (χ1) is 19.5. The third-order valence-electron chi connectivity index (χ3n) is 6.15. The van der Waals surface area contributed by atoms with Crippen LogP contribution in [0.25, 0.3) is 33.4 Å². The van der Waals surface area contributed by atoms with E-state index in [1.807, 2.05) is 66.7 Å². The minimum absolute atomic E-state index is 0.0521. The Kier molecular flexibility index (Phi) is 6.77. The number of aromatic nitrogens is 3. The largest absolute Gasteiger partial charge is 0.322 e. The minimum atomic E-state index is -3.87. The van der Waals surface area contributed by atoms with E-state index in [-0.39, 0.29) is 15.9 Å². The van der Waals surface area contributed by atoms with Gasteiger partial charge in [0.2, 0.25) is 0 Å². The number of sulfonamides is 1. The van der Waals surface area contributed by atoms with Crippen LogP contribution in [-0.2, 0) is 10.0 Å². The quantitative estimate of drug-likeness (QED) is 0.230. The van der Waals surface area contributed by atoms with Crippen LogP contribution in [0.1, 0.15) is 10.4 Å². The molecule has 2 N–H and O–H groups in total. The van der Waals surface area contributed by atoms with Crippen molar-refractivity contribution in [3.05, 3.63) is 120 Å².